The van der Waals surface area contributed by atoms with Crippen LogP contribution in [0.5, 0.6) is 5.75 Å². The van der Waals surface area contributed by atoms with Gasteiger partial charge in [0.15, 0.2) is 0 Å². The second kappa shape index (κ2) is 6.54. The first-order valence-corrected chi connectivity index (χ1v) is 7.42. The minimum absolute atomic E-state index is 0.544. The van der Waals surface area contributed by atoms with E-state index >= 15 is 0 Å². The molecule has 0 radical (unpaired) electrons. The van der Waals surface area contributed by atoms with E-state index in [9.17, 15) is 0 Å². The predicted octanol–water partition coefficient (Wildman–Crippen LogP) is 5.17. The van der Waals surface area contributed by atoms with Gasteiger partial charge in [0.2, 0.25) is 0 Å². The number of hydrogen-bond acceptors (Lipinski definition) is 2. The van der Waals surface area contributed by atoms with Crippen LogP contribution >= 0.6 is 11.6 Å². The van der Waals surface area contributed by atoms with Gasteiger partial charge in [0.1, 0.15) is 12.4 Å². The largest absolute Gasteiger partial charge is 0.489 e. The molecular weight excluding hydrogens is 294 g/mol. The number of benzene rings is 3. The fourth-order valence-corrected chi connectivity index (χ4v) is 2.53. The van der Waals surface area contributed by atoms with Crippen LogP contribution in [0.25, 0.3) is 11.1 Å². The van der Waals surface area contributed by atoms with Crippen molar-refractivity contribution in [2.45, 2.75) is 6.61 Å². The molecule has 0 aromatic heterocycles. The summed E-state index contributed by atoms with van der Waals surface area (Å²) in [6.07, 6.45) is 0. The van der Waals surface area contributed by atoms with Crippen molar-refractivity contribution in [1.82, 2.24) is 0 Å². The minimum atomic E-state index is 0.544. The number of rotatable bonds is 4. The van der Waals surface area contributed by atoms with E-state index in [4.69, 9.17) is 22.1 Å². The smallest absolute Gasteiger partial charge is 0.120 e. The molecule has 2 nitrogen and oxygen atoms in total. The van der Waals surface area contributed by atoms with E-state index in [1.807, 2.05) is 66.7 Å². The molecule has 0 saturated carbocycles. The highest BCUT2D eigenvalue weighted by atomic mass is 35.5. The zero-order valence-electron chi connectivity index (χ0n) is 12.0. The maximum atomic E-state index is 6.07. The number of nitrogen functional groups attached to an aromatic ring is 1. The molecule has 0 unspecified atom stereocenters. The lowest BCUT2D eigenvalue weighted by atomic mass is 10.0. The van der Waals surface area contributed by atoms with Crippen molar-refractivity contribution in [3.05, 3.63) is 83.4 Å². The van der Waals surface area contributed by atoms with Gasteiger partial charge in [-0.05, 0) is 47.0 Å². The number of ether oxygens (including phenoxy) is 1. The Kier molecular flexibility index (Phi) is 4.31. The van der Waals surface area contributed by atoms with Gasteiger partial charge in [-0.2, -0.15) is 0 Å². The van der Waals surface area contributed by atoms with Gasteiger partial charge in [-0.15, -0.1) is 0 Å². The molecule has 0 fully saturated rings. The van der Waals surface area contributed by atoms with Crippen LogP contribution in [0.4, 0.5) is 5.69 Å². The molecule has 2 N–H and O–H groups in total. The lowest BCUT2D eigenvalue weighted by Crippen LogP contribution is -1.95. The molecule has 0 spiro atoms. The maximum Gasteiger partial charge on any atom is 0.120 e. The molecule has 110 valence electrons. The molecule has 3 rings (SSSR count). The first-order valence-electron chi connectivity index (χ1n) is 7.04. The second-order valence-corrected chi connectivity index (χ2v) is 5.51. The third kappa shape index (κ3) is 3.60. The standard InChI is InChI=1S/C19H16ClNO/c20-17-9-16(10-18(21)12-17)15-7-4-8-19(11-15)22-13-14-5-2-1-3-6-14/h1-12H,13,21H2. The average molecular weight is 310 g/mol. The number of anilines is 1. The Balaban J connectivity index is 1.80. The Morgan fingerprint density at radius 2 is 1.64 bits per heavy atom. The number of nitrogens with two attached hydrogens (primary N) is 1. The first kappa shape index (κ1) is 14.5. The Bertz CT molecular complexity index is 751. The van der Waals surface area contributed by atoms with E-state index in [2.05, 4.69) is 0 Å². The van der Waals surface area contributed by atoms with Crippen molar-refractivity contribution < 1.29 is 4.74 Å². The SMILES string of the molecule is Nc1cc(Cl)cc(-c2cccc(OCc3ccccc3)c2)c1. The summed E-state index contributed by atoms with van der Waals surface area (Å²) < 4.78 is 5.85. The van der Waals surface area contributed by atoms with Gasteiger partial charge in [0, 0.05) is 10.7 Å². The molecular formula is C19H16ClNO. The van der Waals surface area contributed by atoms with Gasteiger partial charge < -0.3 is 10.5 Å². The van der Waals surface area contributed by atoms with Crippen molar-refractivity contribution >= 4 is 17.3 Å². The Morgan fingerprint density at radius 1 is 0.818 bits per heavy atom. The van der Waals surface area contributed by atoms with E-state index < -0.39 is 0 Å². The average Bonchev–Trinajstić information content (AvgIpc) is 2.53. The van der Waals surface area contributed by atoms with Gasteiger partial charge >= 0.3 is 0 Å². The summed E-state index contributed by atoms with van der Waals surface area (Å²) in [7, 11) is 0. The zero-order chi connectivity index (χ0) is 15.4. The van der Waals surface area contributed by atoms with E-state index in [0.29, 0.717) is 17.3 Å². The molecule has 0 amide bonds. The Morgan fingerprint density at radius 3 is 2.41 bits per heavy atom. The van der Waals surface area contributed by atoms with Crippen LogP contribution < -0.4 is 10.5 Å². The van der Waals surface area contributed by atoms with E-state index in [1.54, 1.807) is 6.07 Å². The summed E-state index contributed by atoms with van der Waals surface area (Å²) in [4.78, 5) is 0. The van der Waals surface area contributed by atoms with E-state index in [0.717, 1.165) is 22.4 Å². The predicted molar refractivity (Wildman–Crippen MR) is 92.1 cm³/mol. The van der Waals surface area contributed by atoms with Gasteiger partial charge in [-0.25, -0.2) is 0 Å². The molecule has 0 atom stereocenters. The quantitative estimate of drug-likeness (QED) is 0.675. The minimum Gasteiger partial charge on any atom is -0.489 e. The van der Waals surface area contributed by atoms with Crippen molar-refractivity contribution in [2.24, 2.45) is 0 Å². The second-order valence-electron chi connectivity index (χ2n) is 5.08. The molecule has 3 heteroatoms. The van der Waals surface area contributed by atoms with Gasteiger partial charge in [-0.3, -0.25) is 0 Å². The highest BCUT2D eigenvalue weighted by molar-refractivity contribution is 6.31. The number of hydrogen-bond donors (Lipinski definition) is 1. The molecule has 3 aromatic carbocycles. The Hall–Kier alpha value is -2.45. The lowest BCUT2D eigenvalue weighted by molar-refractivity contribution is 0.306. The molecule has 0 aliphatic carbocycles. The summed E-state index contributed by atoms with van der Waals surface area (Å²) >= 11 is 6.07. The summed E-state index contributed by atoms with van der Waals surface area (Å²) in [6.45, 7) is 0.544. The van der Waals surface area contributed by atoms with Gasteiger partial charge in [0.25, 0.3) is 0 Å². The molecule has 0 saturated heterocycles. The van der Waals surface area contributed by atoms with Crippen LogP contribution in [0, 0.1) is 0 Å². The Labute approximate surface area is 135 Å². The number of halogens is 1. The van der Waals surface area contributed by atoms with Crippen LogP contribution in [0.15, 0.2) is 72.8 Å². The monoisotopic (exact) mass is 309 g/mol. The maximum absolute atomic E-state index is 6.07. The van der Waals surface area contributed by atoms with Crippen LogP contribution in [0.2, 0.25) is 5.02 Å². The van der Waals surface area contributed by atoms with Crippen molar-refractivity contribution in [3.63, 3.8) is 0 Å². The van der Waals surface area contributed by atoms with Crippen molar-refractivity contribution in [3.8, 4) is 16.9 Å². The fourth-order valence-electron chi connectivity index (χ4n) is 2.29. The van der Waals surface area contributed by atoms with E-state index in [1.165, 1.54) is 0 Å². The molecule has 0 aliphatic heterocycles. The van der Waals surface area contributed by atoms with Gasteiger partial charge in [0.05, 0.1) is 0 Å². The molecule has 0 bridgehead atoms. The molecule has 0 heterocycles. The third-order valence-corrected chi connectivity index (χ3v) is 3.55. The summed E-state index contributed by atoms with van der Waals surface area (Å²) in [6, 6.07) is 23.5. The fraction of sp³-hybridized carbons (Fsp3) is 0.0526. The highest BCUT2D eigenvalue weighted by Gasteiger charge is 2.03. The van der Waals surface area contributed by atoms with Crippen LogP contribution in [0.3, 0.4) is 0 Å². The first-order chi connectivity index (χ1) is 10.7. The summed E-state index contributed by atoms with van der Waals surface area (Å²) in [5.41, 5.74) is 9.65. The van der Waals surface area contributed by atoms with Crippen molar-refractivity contribution in [2.75, 3.05) is 5.73 Å². The summed E-state index contributed by atoms with van der Waals surface area (Å²) in [5.74, 6) is 0.819. The van der Waals surface area contributed by atoms with Crippen LogP contribution in [0.1, 0.15) is 5.56 Å². The normalized spacial score (nSPS) is 10.4. The summed E-state index contributed by atoms with van der Waals surface area (Å²) in [5, 5.41) is 0.630. The van der Waals surface area contributed by atoms with Crippen molar-refractivity contribution in [1.29, 1.82) is 0 Å². The third-order valence-electron chi connectivity index (χ3n) is 3.34. The zero-order valence-corrected chi connectivity index (χ0v) is 12.8. The molecule has 22 heavy (non-hydrogen) atoms. The van der Waals surface area contributed by atoms with E-state index in [-0.39, 0.29) is 0 Å². The highest BCUT2D eigenvalue weighted by Crippen LogP contribution is 2.28. The molecule has 3 aromatic rings. The van der Waals surface area contributed by atoms with Crippen LogP contribution in [-0.4, -0.2) is 0 Å². The van der Waals surface area contributed by atoms with Crippen LogP contribution in [-0.2, 0) is 6.61 Å². The lowest BCUT2D eigenvalue weighted by Gasteiger charge is -2.09. The topological polar surface area (TPSA) is 35.2 Å². The van der Waals surface area contributed by atoms with Gasteiger partial charge in [-0.1, -0.05) is 54.1 Å². The molecule has 0 aliphatic rings.